The topological polar surface area (TPSA) is 31.4 Å². The maximum Gasteiger partial charge on any atom is 0.141 e. The van der Waals surface area contributed by atoms with E-state index in [9.17, 15) is 0 Å². The minimum atomic E-state index is 0.241. The van der Waals surface area contributed by atoms with E-state index in [0.717, 1.165) is 35.4 Å². The Kier molecular flexibility index (Phi) is 3.52. The van der Waals surface area contributed by atoms with Gasteiger partial charge in [0, 0.05) is 16.9 Å². The van der Waals surface area contributed by atoms with Crippen molar-refractivity contribution in [2.45, 2.75) is 34.1 Å². The minimum absolute atomic E-state index is 0.241. The van der Waals surface area contributed by atoms with Gasteiger partial charge < -0.3 is 9.47 Å². The molecule has 1 aromatic carbocycles. The zero-order valence-corrected chi connectivity index (χ0v) is 13.3. The molecule has 0 fully saturated rings. The van der Waals surface area contributed by atoms with Crippen LogP contribution in [0, 0.1) is 11.3 Å². The Balaban J connectivity index is 2.08. The van der Waals surface area contributed by atoms with Crippen LogP contribution in [0.15, 0.2) is 24.4 Å². The molecule has 21 heavy (non-hydrogen) atoms. The maximum absolute atomic E-state index is 5.97. The highest BCUT2D eigenvalue weighted by Gasteiger charge is 2.31. The van der Waals surface area contributed by atoms with Crippen LogP contribution in [0.1, 0.15) is 33.3 Å². The molecule has 0 bridgehead atoms. The SMILES string of the molecule is CCOc1ccc2ncc3c(c2c1)CC(C(C)(C)C)CO3. The number of hydrogen-bond donors (Lipinski definition) is 0. The third-order valence-electron chi connectivity index (χ3n) is 4.34. The first-order valence-electron chi connectivity index (χ1n) is 7.66. The monoisotopic (exact) mass is 285 g/mol. The average molecular weight is 285 g/mol. The number of aromatic nitrogens is 1. The number of rotatable bonds is 2. The van der Waals surface area contributed by atoms with Crippen LogP contribution in [-0.2, 0) is 6.42 Å². The van der Waals surface area contributed by atoms with Crippen molar-refractivity contribution >= 4 is 10.9 Å². The molecule has 0 N–H and O–H groups in total. The molecule has 3 rings (SSSR count). The van der Waals surface area contributed by atoms with E-state index in [1.54, 1.807) is 0 Å². The Hall–Kier alpha value is -1.77. The van der Waals surface area contributed by atoms with Crippen molar-refractivity contribution in [1.82, 2.24) is 4.98 Å². The van der Waals surface area contributed by atoms with Crippen LogP contribution in [0.5, 0.6) is 11.5 Å². The van der Waals surface area contributed by atoms with Gasteiger partial charge in [-0.3, -0.25) is 4.98 Å². The van der Waals surface area contributed by atoms with Crippen LogP contribution in [-0.4, -0.2) is 18.2 Å². The first kappa shape index (κ1) is 14.2. The summed E-state index contributed by atoms with van der Waals surface area (Å²) in [5, 5.41) is 1.16. The molecule has 0 spiro atoms. The average Bonchev–Trinajstić information content (AvgIpc) is 2.46. The van der Waals surface area contributed by atoms with Crippen molar-refractivity contribution in [2.75, 3.05) is 13.2 Å². The summed E-state index contributed by atoms with van der Waals surface area (Å²) in [6, 6.07) is 6.11. The van der Waals surface area contributed by atoms with Gasteiger partial charge in [-0.15, -0.1) is 0 Å². The van der Waals surface area contributed by atoms with E-state index in [0.29, 0.717) is 12.5 Å². The lowest BCUT2D eigenvalue weighted by atomic mass is 9.76. The van der Waals surface area contributed by atoms with E-state index in [-0.39, 0.29) is 5.41 Å². The van der Waals surface area contributed by atoms with Crippen LogP contribution >= 0.6 is 0 Å². The molecule has 2 aromatic rings. The summed E-state index contributed by atoms with van der Waals surface area (Å²) in [6.07, 6.45) is 2.89. The van der Waals surface area contributed by atoms with E-state index in [4.69, 9.17) is 9.47 Å². The number of ether oxygens (including phenoxy) is 2. The van der Waals surface area contributed by atoms with Gasteiger partial charge in [0.15, 0.2) is 0 Å². The first-order valence-corrected chi connectivity index (χ1v) is 7.66. The Labute approximate surface area is 126 Å². The van der Waals surface area contributed by atoms with Crippen molar-refractivity contribution in [3.63, 3.8) is 0 Å². The maximum atomic E-state index is 5.97. The fourth-order valence-electron chi connectivity index (χ4n) is 2.85. The Morgan fingerprint density at radius 2 is 2.14 bits per heavy atom. The Bertz CT molecular complexity index is 658. The summed E-state index contributed by atoms with van der Waals surface area (Å²) in [5.74, 6) is 2.35. The van der Waals surface area contributed by atoms with Gasteiger partial charge in [-0.2, -0.15) is 0 Å². The molecule has 0 amide bonds. The molecule has 3 heteroatoms. The molecule has 0 aliphatic carbocycles. The second-order valence-corrected chi connectivity index (χ2v) is 6.79. The van der Waals surface area contributed by atoms with Gasteiger partial charge in [0.1, 0.15) is 11.5 Å². The van der Waals surface area contributed by atoms with Crippen LogP contribution in [0.2, 0.25) is 0 Å². The van der Waals surface area contributed by atoms with Gasteiger partial charge in [0.25, 0.3) is 0 Å². The minimum Gasteiger partial charge on any atom is -0.494 e. The third-order valence-corrected chi connectivity index (χ3v) is 4.34. The molecule has 1 aromatic heterocycles. The van der Waals surface area contributed by atoms with Crippen LogP contribution in [0.4, 0.5) is 0 Å². The highest BCUT2D eigenvalue weighted by Crippen LogP contribution is 2.39. The summed E-state index contributed by atoms with van der Waals surface area (Å²) >= 11 is 0. The molecule has 1 aliphatic rings. The molecule has 2 heterocycles. The first-order chi connectivity index (χ1) is 9.99. The molecule has 1 aliphatic heterocycles. The molecule has 1 unspecified atom stereocenters. The molecule has 3 nitrogen and oxygen atoms in total. The molecule has 1 atom stereocenters. The van der Waals surface area contributed by atoms with Crippen molar-refractivity contribution in [2.24, 2.45) is 11.3 Å². The number of nitrogens with zero attached hydrogens (tertiary/aromatic N) is 1. The summed E-state index contributed by atoms with van der Waals surface area (Å²) in [4.78, 5) is 4.50. The van der Waals surface area contributed by atoms with Crippen molar-refractivity contribution in [1.29, 1.82) is 0 Å². The number of hydrogen-bond acceptors (Lipinski definition) is 3. The zero-order chi connectivity index (χ0) is 15.0. The van der Waals surface area contributed by atoms with E-state index < -0.39 is 0 Å². The van der Waals surface area contributed by atoms with Crippen molar-refractivity contribution < 1.29 is 9.47 Å². The van der Waals surface area contributed by atoms with Gasteiger partial charge in [-0.05, 0) is 37.0 Å². The highest BCUT2D eigenvalue weighted by atomic mass is 16.5. The second kappa shape index (κ2) is 5.21. The lowest BCUT2D eigenvalue weighted by molar-refractivity contribution is 0.127. The van der Waals surface area contributed by atoms with Gasteiger partial charge in [0.2, 0.25) is 0 Å². The van der Waals surface area contributed by atoms with Crippen molar-refractivity contribution in [3.05, 3.63) is 30.0 Å². The van der Waals surface area contributed by atoms with E-state index in [1.807, 2.05) is 25.3 Å². The lowest BCUT2D eigenvalue weighted by Gasteiger charge is -2.35. The van der Waals surface area contributed by atoms with Crippen LogP contribution in [0.3, 0.4) is 0 Å². The van der Waals surface area contributed by atoms with Gasteiger partial charge in [-0.25, -0.2) is 0 Å². The standard InChI is InChI=1S/C18H23NO2/c1-5-20-13-6-7-16-14(9-13)15-8-12(18(2,3)4)11-21-17(15)10-19-16/h6-7,9-10,12H,5,8,11H2,1-4H3. The number of fused-ring (bicyclic) bond motifs is 3. The molecular weight excluding hydrogens is 262 g/mol. The fourth-order valence-corrected chi connectivity index (χ4v) is 2.85. The fraction of sp³-hybridized carbons (Fsp3) is 0.500. The van der Waals surface area contributed by atoms with Gasteiger partial charge in [-0.1, -0.05) is 20.8 Å². The van der Waals surface area contributed by atoms with E-state index in [1.165, 1.54) is 5.56 Å². The molecular formula is C18H23NO2. The molecule has 0 radical (unpaired) electrons. The zero-order valence-electron chi connectivity index (χ0n) is 13.3. The Morgan fingerprint density at radius 3 is 2.86 bits per heavy atom. The third kappa shape index (κ3) is 2.69. The quantitative estimate of drug-likeness (QED) is 0.827. The predicted molar refractivity (Wildman–Crippen MR) is 85.1 cm³/mol. The summed E-state index contributed by atoms with van der Waals surface area (Å²) in [7, 11) is 0. The lowest BCUT2D eigenvalue weighted by Crippen LogP contribution is -2.32. The largest absolute Gasteiger partial charge is 0.494 e. The normalized spacial score (nSPS) is 18.2. The van der Waals surface area contributed by atoms with Crippen LogP contribution < -0.4 is 9.47 Å². The Morgan fingerprint density at radius 1 is 1.33 bits per heavy atom. The van der Waals surface area contributed by atoms with E-state index >= 15 is 0 Å². The number of benzene rings is 1. The van der Waals surface area contributed by atoms with E-state index in [2.05, 4.69) is 31.8 Å². The summed E-state index contributed by atoms with van der Waals surface area (Å²) < 4.78 is 11.6. The molecule has 112 valence electrons. The summed E-state index contributed by atoms with van der Waals surface area (Å²) in [5.41, 5.74) is 2.52. The van der Waals surface area contributed by atoms with Crippen molar-refractivity contribution in [3.8, 4) is 11.5 Å². The summed E-state index contributed by atoms with van der Waals surface area (Å²) in [6.45, 7) is 10.3. The van der Waals surface area contributed by atoms with Crippen LogP contribution in [0.25, 0.3) is 10.9 Å². The highest BCUT2D eigenvalue weighted by molar-refractivity contribution is 5.85. The smallest absolute Gasteiger partial charge is 0.141 e. The second-order valence-electron chi connectivity index (χ2n) is 6.79. The molecule has 0 saturated heterocycles. The van der Waals surface area contributed by atoms with Gasteiger partial charge in [0.05, 0.1) is 24.9 Å². The molecule has 0 saturated carbocycles. The van der Waals surface area contributed by atoms with Gasteiger partial charge >= 0.3 is 0 Å². The predicted octanol–water partition coefficient (Wildman–Crippen LogP) is 4.23. The number of pyridine rings is 1.